The van der Waals surface area contributed by atoms with Gasteiger partial charge >= 0.3 is 6.03 Å². The van der Waals surface area contributed by atoms with Crippen LogP contribution in [-0.2, 0) is 16.1 Å². The minimum Gasteiger partial charge on any atom is -0.497 e. The Morgan fingerprint density at radius 3 is 2.56 bits per heavy atom. The van der Waals surface area contributed by atoms with E-state index in [1.807, 2.05) is 0 Å². The van der Waals surface area contributed by atoms with Crippen molar-refractivity contribution < 1.29 is 28.7 Å². The first kappa shape index (κ1) is 25.3. The highest BCUT2D eigenvalue weighted by Crippen LogP contribution is 2.41. The number of ketones is 4. The number of ether oxygens (including phenoxy) is 1. The Morgan fingerprint density at radius 1 is 1.06 bits per heavy atom. The van der Waals surface area contributed by atoms with Crippen molar-refractivity contribution in [3.05, 3.63) is 59.2 Å². The Kier molecular flexibility index (Phi) is 7.06. The first-order valence-corrected chi connectivity index (χ1v) is 12.0. The summed E-state index contributed by atoms with van der Waals surface area (Å²) in [6.07, 6.45) is 1.09. The molecular weight excluding hydrogens is 460 g/mol. The van der Waals surface area contributed by atoms with E-state index < -0.39 is 11.3 Å². The third-order valence-corrected chi connectivity index (χ3v) is 7.29. The topological polar surface area (TPSA) is 110 Å². The molecule has 1 N–H and O–H groups in total. The predicted octanol–water partition coefficient (Wildman–Crippen LogP) is 4.46. The van der Waals surface area contributed by atoms with Crippen LogP contribution in [-0.4, -0.2) is 48.2 Å². The summed E-state index contributed by atoms with van der Waals surface area (Å²) in [4.78, 5) is 65.6. The number of methoxy groups -OCH3 is 1. The predicted molar refractivity (Wildman–Crippen MR) is 133 cm³/mol. The van der Waals surface area contributed by atoms with E-state index in [0.29, 0.717) is 34.5 Å². The van der Waals surface area contributed by atoms with Gasteiger partial charge in [0.15, 0.2) is 11.6 Å². The second-order valence-electron chi connectivity index (χ2n) is 9.87. The first-order chi connectivity index (χ1) is 17.1. The number of anilines is 1. The van der Waals surface area contributed by atoms with E-state index in [2.05, 4.69) is 5.32 Å². The van der Waals surface area contributed by atoms with Gasteiger partial charge in [-0.15, -0.1) is 0 Å². The van der Waals surface area contributed by atoms with E-state index in [-0.39, 0.29) is 61.4 Å². The number of urea groups is 1. The lowest BCUT2D eigenvalue weighted by Crippen LogP contribution is -2.33. The normalized spacial score (nSPS) is 21.7. The van der Waals surface area contributed by atoms with E-state index >= 15 is 0 Å². The summed E-state index contributed by atoms with van der Waals surface area (Å²) >= 11 is 0. The van der Waals surface area contributed by atoms with Crippen molar-refractivity contribution in [2.45, 2.75) is 45.6 Å². The number of carbonyl (C=O) groups is 5. The summed E-state index contributed by atoms with van der Waals surface area (Å²) in [6, 6.07) is 11.6. The Morgan fingerprint density at radius 2 is 1.81 bits per heavy atom. The molecule has 0 saturated heterocycles. The Hall–Kier alpha value is -3.81. The highest BCUT2D eigenvalue weighted by atomic mass is 16.5. The van der Waals surface area contributed by atoms with E-state index in [9.17, 15) is 24.0 Å². The zero-order valence-electron chi connectivity index (χ0n) is 20.8. The van der Waals surface area contributed by atoms with Gasteiger partial charge in [-0.25, -0.2) is 4.79 Å². The maximum absolute atomic E-state index is 13.5. The Bertz CT molecular complexity index is 1250. The minimum atomic E-state index is -0.959. The van der Waals surface area contributed by atoms with Crippen LogP contribution in [0, 0.1) is 11.3 Å². The fraction of sp³-hybridized carbons (Fsp3) is 0.393. The molecule has 8 nitrogen and oxygen atoms in total. The number of benzene rings is 2. The molecule has 2 aromatic carbocycles. The van der Waals surface area contributed by atoms with E-state index in [4.69, 9.17) is 4.74 Å². The van der Waals surface area contributed by atoms with Gasteiger partial charge in [0.2, 0.25) is 0 Å². The molecule has 188 valence electrons. The molecule has 2 aromatic rings. The number of nitrogens with zero attached hydrogens (tertiary/aromatic N) is 1. The molecule has 0 aliphatic heterocycles. The maximum Gasteiger partial charge on any atom is 0.321 e. The fourth-order valence-corrected chi connectivity index (χ4v) is 5.04. The van der Waals surface area contributed by atoms with Crippen LogP contribution in [0.5, 0.6) is 5.75 Å². The van der Waals surface area contributed by atoms with Crippen LogP contribution in [0.2, 0.25) is 0 Å². The number of amides is 2. The van der Waals surface area contributed by atoms with Crippen molar-refractivity contribution >= 4 is 34.9 Å². The van der Waals surface area contributed by atoms with Crippen molar-refractivity contribution in [3.8, 4) is 5.75 Å². The van der Waals surface area contributed by atoms with Crippen molar-refractivity contribution in [2.24, 2.45) is 11.3 Å². The monoisotopic (exact) mass is 490 g/mol. The Balaban J connectivity index is 1.51. The molecule has 36 heavy (non-hydrogen) atoms. The number of rotatable bonds is 6. The average Bonchev–Trinajstić information content (AvgIpc) is 3.02. The van der Waals surface area contributed by atoms with Crippen LogP contribution in [0.4, 0.5) is 10.5 Å². The highest BCUT2D eigenvalue weighted by molar-refractivity contribution is 6.27. The SMILES string of the molecule is COc1cccc(NC(=O)N(C)Cc2cccc3c2C(=O)C(C[C@@]2(C)CCC(=O)CCC2=O)C3=O)c1. The molecule has 2 atom stereocenters. The van der Waals surface area contributed by atoms with Gasteiger partial charge in [-0.1, -0.05) is 31.2 Å². The van der Waals surface area contributed by atoms with Crippen LogP contribution in [0.15, 0.2) is 42.5 Å². The quantitative estimate of drug-likeness (QED) is 0.473. The lowest BCUT2D eigenvalue weighted by atomic mass is 9.73. The number of hydrogen-bond donors (Lipinski definition) is 1. The van der Waals surface area contributed by atoms with Gasteiger partial charge in [0.25, 0.3) is 0 Å². The van der Waals surface area contributed by atoms with Crippen LogP contribution in [0.25, 0.3) is 0 Å². The Labute approximate surface area is 210 Å². The third-order valence-electron chi connectivity index (χ3n) is 7.29. The van der Waals surface area contributed by atoms with Crippen molar-refractivity contribution in [1.82, 2.24) is 4.90 Å². The third kappa shape index (κ3) is 4.94. The standard InChI is InChI=1S/C28H30N2O6/c1-28(13-12-19(31)10-11-23(28)32)15-22-25(33)21-9-4-6-17(24(21)26(22)34)16-30(2)27(35)29-18-7-5-8-20(14-18)36-3/h4-9,14,22H,10-13,15-16H2,1-3H3,(H,29,35)/t22?,28-/m1/s1. The summed E-state index contributed by atoms with van der Waals surface area (Å²) < 4.78 is 5.18. The van der Waals surface area contributed by atoms with Crippen LogP contribution >= 0.6 is 0 Å². The fourth-order valence-electron chi connectivity index (χ4n) is 5.04. The molecule has 1 saturated carbocycles. The molecule has 1 fully saturated rings. The number of fused-ring (bicyclic) bond motifs is 1. The average molecular weight is 491 g/mol. The molecule has 8 heteroatoms. The van der Waals surface area contributed by atoms with Gasteiger partial charge in [-0.05, 0) is 30.5 Å². The summed E-state index contributed by atoms with van der Waals surface area (Å²) in [7, 11) is 3.15. The van der Waals surface area contributed by atoms with Crippen LogP contribution < -0.4 is 10.1 Å². The van der Waals surface area contributed by atoms with Gasteiger partial charge in [0, 0.05) is 61.2 Å². The zero-order chi connectivity index (χ0) is 26.0. The summed E-state index contributed by atoms with van der Waals surface area (Å²) in [5.41, 5.74) is 0.886. The van der Waals surface area contributed by atoms with E-state index in [1.54, 1.807) is 63.5 Å². The molecule has 2 amide bonds. The smallest absolute Gasteiger partial charge is 0.321 e. The number of Topliss-reactive ketones (excluding diaryl/α,β-unsaturated/α-hetero) is 4. The van der Waals surface area contributed by atoms with Gasteiger partial charge in [-0.3, -0.25) is 19.2 Å². The van der Waals surface area contributed by atoms with Crippen molar-refractivity contribution in [1.29, 1.82) is 0 Å². The van der Waals surface area contributed by atoms with E-state index in [1.165, 1.54) is 4.90 Å². The van der Waals surface area contributed by atoms with Crippen molar-refractivity contribution in [2.75, 3.05) is 19.5 Å². The molecule has 0 radical (unpaired) electrons. The van der Waals surface area contributed by atoms with Crippen molar-refractivity contribution in [3.63, 3.8) is 0 Å². The number of hydrogen-bond acceptors (Lipinski definition) is 6. The second-order valence-corrected chi connectivity index (χ2v) is 9.87. The summed E-state index contributed by atoms with van der Waals surface area (Å²) in [5.74, 6) is -1.01. The van der Waals surface area contributed by atoms with Gasteiger partial charge in [0.1, 0.15) is 17.3 Å². The molecule has 0 spiro atoms. The van der Waals surface area contributed by atoms with Crippen LogP contribution in [0.3, 0.4) is 0 Å². The maximum atomic E-state index is 13.5. The molecule has 4 rings (SSSR count). The van der Waals surface area contributed by atoms with Gasteiger partial charge in [0.05, 0.1) is 13.0 Å². The van der Waals surface area contributed by atoms with E-state index in [0.717, 1.165) is 0 Å². The second kappa shape index (κ2) is 10.0. The molecule has 2 aliphatic rings. The molecule has 0 aromatic heterocycles. The molecular formula is C28H30N2O6. The first-order valence-electron chi connectivity index (χ1n) is 12.0. The summed E-state index contributed by atoms with van der Waals surface area (Å²) in [6.45, 7) is 1.88. The highest BCUT2D eigenvalue weighted by Gasteiger charge is 2.46. The minimum absolute atomic E-state index is 0.0389. The lowest BCUT2D eigenvalue weighted by Gasteiger charge is -2.28. The lowest BCUT2D eigenvalue weighted by molar-refractivity contribution is -0.128. The van der Waals surface area contributed by atoms with Crippen LogP contribution in [0.1, 0.15) is 65.3 Å². The summed E-state index contributed by atoms with van der Waals surface area (Å²) in [5, 5.41) is 2.80. The molecule has 1 unspecified atom stereocenters. The van der Waals surface area contributed by atoms with Gasteiger partial charge in [-0.2, -0.15) is 0 Å². The number of nitrogens with one attached hydrogen (secondary N) is 1. The molecule has 0 heterocycles. The molecule has 0 bridgehead atoms. The molecule has 2 aliphatic carbocycles. The number of carbonyl (C=O) groups excluding carboxylic acids is 5. The van der Waals surface area contributed by atoms with Gasteiger partial charge < -0.3 is 15.0 Å². The largest absolute Gasteiger partial charge is 0.497 e. The zero-order valence-corrected chi connectivity index (χ0v) is 20.8.